The zero-order valence-electron chi connectivity index (χ0n) is 12.6. The van der Waals surface area contributed by atoms with Crippen LogP contribution >= 0.6 is 0 Å². The minimum atomic E-state index is -0.0693. The quantitative estimate of drug-likeness (QED) is 0.909. The maximum Gasteiger partial charge on any atom is 0.276 e. The van der Waals surface area contributed by atoms with Crippen LogP contribution in [-0.4, -0.2) is 62.3 Å². The summed E-state index contributed by atoms with van der Waals surface area (Å²) in [6.45, 7) is 2.58. The molecule has 1 N–H and O–H groups in total. The Morgan fingerprint density at radius 3 is 2.73 bits per heavy atom. The fourth-order valence-electron chi connectivity index (χ4n) is 2.81. The SMILES string of the molecule is CN1CCC(N(Cc2ccncc2)C(=O)c2cn[nH]n2)CC1. The third-order valence-corrected chi connectivity index (χ3v) is 4.13. The van der Waals surface area contributed by atoms with Crippen molar-refractivity contribution >= 4 is 5.91 Å². The highest BCUT2D eigenvalue weighted by molar-refractivity contribution is 5.92. The molecule has 1 aliphatic rings. The second-order valence-electron chi connectivity index (χ2n) is 5.68. The van der Waals surface area contributed by atoms with E-state index in [0.29, 0.717) is 12.2 Å². The monoisotopic (exact) mass is 300 g/mol. The van der Waals surface area contributed by atoms with Gasteiger partial charge in [0.15, 0.2) is 5.69 Å². The molecule has 0 bridgehead atoms. The normalized spacial score (nSPS) is 16.6. The first-order chi connectivity index (χ1) is 10.7. The molecule has 0 aliphatic carbocycles. The standard InChI is InChI=1S/C15H20N6O/c1-20-8-4-13(5-9-20)21(11-12-2-6-16-7-3-12)15(22)14-10-17-19-18-14/h2-3,6-7,10,13H,4-5,8-9,11H2,1H3,(H,17,18,19). The van der Waals surface area contributed by atoms with E-state index >= 15 is 0 Å². The number of H-pyrrole nitrogens is 1. The van der Waals surface area contributed by atoms with E-state index in [2.05, 4.69) is 32.3 Å². The van der Waals surface area contributed by atoms with Crippen LogP contribution in [-0.2, 0) is 6.54 Å². The van der Waals surface area contributed by atoms with Crippen LogP contribution in [0.15, 0.2) is 30.7 Å². The highest BCUT2D eigenvalue weighted by Gasteiger charge is 2.28. The molecule has 1 saturated heterocycles. The Balaban J connectivity index is 1.80. The maximum atomic E-state index is 12.8. The Kier molecular flexibility index (Phi) is 4.43. The zero-order chi connectivity index (χ0) is 15.4. The molecular weight excluding hydrogens is 280 g/mol. The van der Waals surface area contributed by atoms with Gasteiger partial charge in [-0.25, -0.2) is 0 Å². The smallest absolute Gasteiger partial charge is 0.276 e. The van der Waals surface area contributed by atoms with Gasteiger partial charge in [-0.1, -0.05) is 0 Å². The van der Waals surface area contributed by atoms with Gasteiger partial charge in [0.1, 0.15) is 0 Å². The lowest BCUT2D eigenvalue weighted by molar-refractivity contribution is 0.0563. The van der Waals surface area contributed by atoms with Gasteiger partial charge >= 0.3 is 0 Å². The number of carbonyl (C=O) groups is 1. The summed E-state index contributed by atoms with van der Waals surface area (Å²) >= 11 is 0. The van der Waals surface area contributed by atoms with Crippen LogP contribution in [0.3, 0.4) is 0 Å². The van der Waals surface area contributed by atoms with E-state index in [1.165, 1.54) is 6.20 Å². The van der Waals surface area contributed by atoms with Crippen molar-refractivity contribution in [1.29, 1.82) is 0 Å². The largest absolute Gasteiger partial charge is 0.330 e. The molecule has 116 valence electrons. The fourth-order valence-corrected chi connectivity index (χ4v) is 2.81. The molecule has 1 fully saturated rings. The molecule has 1 aliphatic heterocycles. The number of piperidine rings is 1. The number of aromatic nitrogens is 4. The molecule has 0 spiro atoms. The van der Waals surface area contributed by atoms with Gasteiger partial charge in [-0.15, -0.1) is 0 Å². The average Bonchev–Trinajstić information content (AvgIpc) is 3.08. The molecule has 7 heteroatoms. The first kappa shape index (κ1) is 14.6. The number of hydrogen-bond acceptors (Lipinski definition) is 5. The van der Waals surface area contributed by atoms with Gasteiger partial charge in [-0.2, -0.15) is 15.4 Å². The Morgan fingerprint density at radius 1 is 1.36 bits per heavy atom. The highest BCUT2D eigenvalue weighted by atomic mass is 16.2. The molecule has 0 unspecified atom stereocenters. The van der Waals surface area contributed by atoms with Crippen LogP contribution in [0.4, 0.5) is 0 Å². The summed E-state index contributed by atoms with van der Waals surface area (Å²) in [5.74, 6) is -0.0693. The minimum Gasteiger partial charge on any atom is -0.330 e. The summed E-state index contributed by atoms with van der Waals surface area (Å²) in [6, 6.07) is 4.12. The molecule has 0 saturated carbocycles. The Labute approximate surface area is 129 Å². The van der Waals surface area contributed by atoms with E-state index in [9.17, 15) is 4.79 Å². The van der Waals surface area contributed by atoms with E-state index in [-0.39, 0.29) is 11.9 Å². The number of hydrogen-bond donors (Lipinski definition) is 1. The van der Waals surface area contributed by atoms with Crippen molar-refractivity contribution < 1.29 is 4.79 Å². The molecule has 3 heterocycles. The van der Waals surface area contributed by atoms with Crippen molar-refractivity contribution in [3.8, 4) is 0 Å². The van der Waals surface area contributed by atoms with E-state index in [1.807, 2.05) is 17.0 Å². The molecule has 22 heavy (non-hydrogen) atoms. The van der Waals surface area contributed by atoms with Crippen molar-refractivity contribution in [2.45, 2.75) is 25.4 Å². The van der Waals surface area contributed by atoms with Crippen LogP contribution in [0.1, 0.15) is 28.9 Å². The fraction of sp³-hybridized carbons (Fsp3) is 0.467. The van der Waals surface area contributed by atoms with Crippen molar-refractivity contribution in [3.05, 3.63) is 42.0 Å². The Morgan fingerprint density at radius 2 is 2.09 bits per heavy atom. The van der Waals surface area contributed by atoms with Gasteiger partial charge in [0.25, 0.3) is 5.91 Å². The van der Waals surface area contributed by atoms with Gasteiger partial charge < -0.3 is 9.80 Å². The van der Waals surface area contributed by atoms with Crippen molar-refractivity contribution in [2.75, 3.05) is 20.1 Å². The number of likely N-dealkylation sites (tertiary alicyclic amines) is 1. The first-order valence-corrected chi connectivity index (χ1v) is 7.48. The van der Waals surface area contributed by atoms with Crippen molar-refractivity contribution in [3.63, 3.8) is 0 Å². The van der Waals surface area contributed by atoms with Crippen LogP contribution in [0.25, 0.3) is 0 Å². The predicted molar refractivity (Wildman–Crippen MR) is 81.0 cm³/mol. The van der Waals surface area contributed by atoms with Gasteiger partial charge in [0.05, 0.1) is 6.20 Å². The third kappa shape index (κ3) is 3.30. The van der Waals surface area contributed by atoms with Crippen molar-refractivity contribution in [2.24, 2.45) is 0 Å². The molecule has 2 aromatic heterocycles. The van der Waals surface area contributed by atoms with Gasteiger partial charge in [-0.05, 0) is 50.7 Å². The lowest BCUT2D eigenvalue weighted by Crippen LogP contribution is -2.46. The molecule has 3 rings (SSSR count). The third-order valence-electron chi connectivity index (χ3n) is 4.13. The summed E-state index contributed by atoms with van der Waals surface area (Å²) in [6.07, 6.45) is 6.94. The van der Waals surface area contributed by atoms with E-state index < -0.39 is 0 Å². The van der Waals surface area contributed by atoms with E-state index in [4.69, 9.17) is 0 Å². The number of nitrogens with one attached hydrogen (secondary N) is 1. The van der Waals surface area contributed by atoms with Gasteiger partial charge in [-0.3, -0.25) is 9.78 Å². The second-order valence-corrected chi connectivity index (χ2v) is 5.68. The first-order valence-electron chi connectivity index (χ1n) is 7.48. The number of amides is 1. The summed E-state index contributed by atoms with van der Waals surface area (Å²) in [4.78, 5) is 21.0. The van der Waals surface area contributed by atoms with Gasteiger partial charge in [0, 0.05) is 25.0 Å². The molecule has 0 atom stereocenters. The molecule has 1 amide bonds. The summed E-state index contributed by atoms with van der Waals surface area (Å²) < 4.78 is 0. The van der Waals surface area contributed by atoms with Crippen LogP contribution < -0.4 is 0 Å². The molecule has 0 aromatic carbocycles. The molecule has 2 aromatic rings. The maximum absolute atomic E-state index is 12.8. The Hall–Kier alpha value is -2.28. The van der Waals surface area contributed by atoms with Crippen molar-refractivity contribution in [1.82, 2.24) is 30.2 Å². The summed E-state index contributed by atoms with van der Waals surface area (Å²) in [5.41, 5.74) is 1.44. The number of nitrogens with zero attached hydrogens (tertiary/aromatic N) is 5. The zero-order valence-corrected chi connectivity index (χ0v) is 12.6. The highest BCUT2D eigenvalue weighted by Crippen LogP contribution is 2.20. The number of carbonyl (C=O) groups excluding carboxylic acids is 1. The molecule has 7 nitrogen and oxygen atoms in total. The van der Waals surface area contributed by atoms with Crippen LogP contribution in [0.5, 0.6) is 0 Å². The van der Waals surface area contributed by atoms with E-state index in [1.54, 1.807) is 12.4 Å². The number of pyridine rings is 1. The summed E-state index contributed by atoms with van der Waals surface area (Å²) in [7, 11) is 2.11. The number of rotatable bonds is 4. The Bertz CT molecular complexity index is 592. The lowest BCUT2D eigenvalue weighted by atomic mass is 10.0. The van der Waals surface area contributed by atoms with Gasteiger partial charge in [0.2, 0.25) is 0 Å². The molecular formula is C15H20N6O. The predicted octanol–water partition coefficient (Wildman–Crippen LogP) is 0.936. The second kappa shape index (κ2) is 6.65. The van der Waals surface area contributed by atoms with E-state index in [0.717, 1.165) is 31.5 Å². The average molecular weight is 300 g/mol. The minimum absolute atomic E-state index is 0.0693. The summed E-state index contributed by atoms with van der Waals surface area (Å²) in [5, 5.41) is 10.2. The molecule has 0 radical (unpaired) electrons. The van der Waals surface area contributed by atoms with Crippen LogP contribution in [0, 0.1) is 0 Å². The number of aromatic amines is 1. The topological polar surface area (TPSA) is 78.0 Å². The lowest BCUT2D eigenvalue weighted by Gasteiger charge is -2.37. The van der Waals surface area contributed by atoms with Crippen LogP contribution in [0.2, 0.25) is 0 Å².